The highest BCUT2D eigenvalue weighted by atomic mass is 16.5. The second kappa shape index (κ2) is 5.52. The molecule has 0 aromatic heterocycles. The van der Waals surface area contributed by atoms with Gasteiger partial charge in [0.25, 0.3) is 0 Å². The van der Waals surface area contributed by atoms with Crippen molar-refractivity contribution in [1.82, 2.24) is 0 Å². The molecular weight excluding hydrogens is 212 g/mol. The minimum absolute atomic E-state index is 0.397. The van der Waals surface area contributed by atoms with Crippen LogP contribution in [0, 0.1) is 6.92 Å². The average Bonchev–Trinajstić information content (AvgIpc) is 2.81. The Hall–Kier alpha value is -1.06. The molecular formula is C14H22N2O. The maximum Gasteiger partial charge on any atom is 0.0750 e. The third-order valence-corrected chi connectivity index (χ3v) is 3.41. The van der Waals surface area contributed by atoms with Crippen molar-refractivity contribution in [2.75, 3.05) is 25.1 Å². The van der Waals surface area contributed by atoms with Gasteiger partial charge in [-0.05, 0) is 37.0 Å². The fourth-order valence-corrected chi connectivity index (χ4v) is 2.46. The number of hydrogen-bond acceptors (Lipinski definition) is 3. The number of nitrogens with two attached hydrogens (primary N) is 1. The molecule has 3 nitrogen and oxygen atoms in total. The zero-order valence-electron chi connectivity index (χ0n) is 10.8. The SMILES string of the molecule is Cc1cc(CN)ccc1N(C)CC1CCCO1. The van der Waals surface area contributed by atoms with Crippen LogP contribution in [0.3, 0.4) is 0 Å². The molecule has 0 aliphatic carbocycles. The smallest absolute Gasteiger partial charge is 0.0750 e. The summed E-state index contributed by atoms with van der Waals surface area (Å²) in [6.45, 7) is 4.64. The van der Waals surface area contributed by atoms with Crippen LogP contribution in [0.25, 0.3) is 0 Å². The molecule has 0 saturated carbocycles. The Labute approximate surface area is 104 Å². The summed E-state index contributed by atoms with van der Waals surface area (Å²) in [7, 11) is 2.13. The van der Waals surface area contributed by atoms with Crippen LogP contribution in [0.1, 0.15) is 24.0 Å². The van der Waals surface area contributed by atoms with Gasteiger partial charge in [-0.1, -0.05) is 12.1 Å². The van der Waals surface area contributed by atoms with E-state index in [0.29, 0.717) is 12.6 Å². The van der Waals surface area contributed by atoms with Crippen LogP contribution in [0.5, 0.6) is 0 Å². The van der Waals surface area contributed by atoms with Gasteiger partial charge in [0.05, 0.1) is 6.10 Å². The number of nitrogens with zero attached hydrogens (tertiary/aromatic N) is 1. The van der Waals surface area contributed by atoms with Crippen molar-refractivity contribution < 1.29 is 4.74 Å². The van der Waals surface area contributed by atoms with E-state index in [1.165, 1.54) is 29.7 Å². The summed E-state index contributed by atoms with van der Waals surface area (Å²) < 4.78 is 5.67. The van der Waals surface area contributed by atoms with E-state index in [1.54, 1.807) is 0 Å². The van der Waals surface area contributed by atoms with E-state index in [0.717, 1.165) is 13.2 Å². The number of hydrogen-bond donors (Lipinski definition) is 1. The van der Waals surface area contributed by atoms with E-state index in [4.69, 9.17) is 10.5 Å². The lowest BCUT2D eigenvalue weighted by atomic mass is 10.1. The number of rotatable bonds is 4. The number of anilines is 1. The Bertz CT molecular complexity index is 372. The predicted octanol–water partition coefficient (Wildman–Crippen LogP) is 2.07. The minimum atomic E-state index is 0.397. The zero-order chi connectivity index (χ0) is 12.3. The van der Waals surface area contributed by atoms with Gasteiger partial charge in [0.2, 0.25) is 0 Å². The van der Waals surface area contributed by atoms with Crippen LogP contribution < -0.4 is 10.6 Å². The van der Waals surface area contributed by atoms with Crippen molar-refractivity contribution in [3.8, 4) is 0 Å². The second-order valence-corrected chi connectivity index (χ2v) is 4.84. The highest BCUT2D eigenvalue weighted by molar-refractivity contribution is 5.54. The number of aryl methyl sites for hydroxylation is 1. The first-order valence-corrected chi connectivity index (χ1v) is 6.33. The van der Waals surface area contributed by atoms with Gasteiger partial charge in [0.1, 0.15) is 0 Å². The van der Waals surface area contributed by atoms with Gasteiger partial charge in [-0.2, -0.15) is 0 Å². The maximum atomic E-state index is 5.67. The molecule has 1 heterocycles. The Balaban J connectivity index is 2.04. The predicted molar refractivity (Wildman–Crippen MR) is 71.3 cm³/mol. The van der Waals surface area contributed by atoms with Crippen LogP contribution in [0.15, 0.2) is 18.2 Å². The largest absolute Gasteiger partial charge is 0.376 e. The lowest BCUT2D eigenvalue weighted by Gasteiger charge is -2.24. The summed E-state index contributed by atoms with van der Waals surface area (Å²) in [6.07, 6.45) is 2.78. The summed E-state index contributed by atoms with van der Waals surface area (Å²) in [4.78, 5) is 2.28. The van der Waals surface area contributed by atoms with Crippen molar-refractivity contribution in [2.24, 2.45) is 5.73 Å². The highest BCUT2D eigenvalue weighted by Gasteiger charge is 2.18. The normalized spacial score (nSPS) is 19.6. The van der Waals surface area contributed by atoms with Gasteiger partial charge in [-0.25, -0.2) is 0 Å². The first kappa shape index (κ1) is 12.4. The Morgan fingerprint density at radius 1 is 1.47 bits per heavy atom. The molecule has 0 spiro atoms. The van der Waals surface area contributed by atoms with E-state index in [9.17, 15) is 0 Å². The topological polar surface area (TPSA) is 38.5 Å². The van der Waals surface area contributed by atoms with E-state index >= 15 is 0 Å². The molecule has 1 unspecified atom stereocenters. The molecule has 0 radical (unpaired) electrons. The Kier molecular flexibility index (Phi) is 4.02. The van der Waals surface area contributed by atoms with Gasteiger partial charge in [0.15, 0.2) is 0 Å². The van der Waals surface area contributed by atoms with Crippen LogP contribution in [-0.4, -0.2) is 26.3 Å². The van der Waals surface area contributed by atoms with Crippen molar-refractivity contribution in [3.05, 3.63) is 29.3 Å². The van der Waals surface area contributed by atoms with Crippen LogP contribution in [0.2, 0.25) is 0 Å². The molecule has 2 rings (SSSR count). The molecule has 0 bridgehead atoms. The van der Waals surface area contributed by atoms with Gasteiger partial charge in [-0.15, -0.1) is 0 Å². The maximum absolute atomic E-state index is 5.67. The van der Waals surface area contributed by atoms with E-state index < -0.39 is 0 Å². The second-order valence-electron chi connectivity index (χ2n) is 4.84. The summed E-state index contributed by atoms with van der Waals surface area (Å²) in [5.41, 5.74) is 9.40. The van der Waals surface area contributed by atoms with Crippen LogP contribution in [-0.2, 0) is 11.3 Å². The molecule has 1 aromatic carbocycles. The molecule has 1 aliphatic heterocycles. The molecule has 1 atom stereocenters. The van der Waals surface area contributed by atoms with Gasteiger partial charge in [-0.3, -0.25) is 0 Å². The Morgan fingerprint density at radius 2 is 2.29 bits per heavy atom. The monoisotopic (exact) mass is 234 g/mol. The minimum Gasteiger partial charge on any atom is -0.376 e. The lowest BCUT2D eigenvalue weighted by molar-refractivity contribution is 0.116. The highest BCUT2D eigenvalue weighted by Crippen LogP contribution is 2.22. The standard InChI is InChI=1S/C14H22N2O/c1-11-8-12(9-15)5-6-14(11)16(2)10-13-4-3-7-17-13/h5-6,8,13H,3-4,7,9-10,15H2,1-2H3. The zero-order valence-corrected chi connectivity index (χ0v) is 10.8. The molecule has 2 N–H and O–H groups in total. The summed E-state index contributed by atoms with van der Waals surface area (Å²) >= 11 is 0. The summed E-state index contributed by atoms with van der Waals surface area (Å²) in [5, 5.41) is 0. The fraction of sp³-hybridized carbons (Fsp3) is 0.571. The van der Waals surface area contributed by atoms with Gasteiger partial charge in [0, 0.05) is 32.4 Å². The molecule has 17 heavy (non-hydrogen) atoms. The van der Waals surface area contributed by atoms with E-state index in [2.05, 4.69) is 37.1 Å². The van der Waals surface area contributed by atoms with Crippen molar-refractivity contribution in [3.63, 3.8) is 0 Å². The van der Waals surface area contributed by atoms with Gasteiger partial charge >= 0.3 is 0 Å². The first-order valence-electron chi connectivity index (χ1n) is 6.33. The number of benzene rings is 1. The number of ether oxygens (including phenoxy) is 1. The molecule has 0 amide bonds. The molecule has 1 saturated heterocycles. The molecule has 94 valence electrons. The van der Waals surface area contributed by atoms with E-state index in [1.807, 2.05) is 0 Å². The molecule has 1 fully saturated rings. The lowest BCUT2D eigenvalue weighted by Crippen LogP contribution is -2.29. The van der Waals surface area contributed by atoms with Crippen molar-refractivity contribution >= 4 is 5.69 Å². The Morgan fingerprint density at radius 3 is 2.88 bits per heavy atom. The summed E-state index contributed by atoms with van der Waals surface area (Å²) in [6, 6.07) is 6.43. The van der Waals surface area contributed by atoms with E-state index in [-0.39, 0.29) is 0 Å². The molecule has 1 aliphatic rings. The third kappa shape index (κ3) is 2.99. The van der Waals surface area contributed by atoms with Gasteiger partial charge < -0.3 is 15.4 Å². The molecule has 3 heteroatoms. The average molecular weight is 234 g/mol. The molecule has 1 aromatic rings. The quantitative estimate of drug-likeness (QED) is 0.866. The summed E-state index contributed by atoms with van der Waals surface area (Å²) in [5.74, 6) is 0. The number of likely N-dealkylation sites (N-methyl/N-ethyl adjacent to an activating group) is 1. The van der Waals surface area contributed by atoms with Crippen LogP contribution in [0.4, 0.5) is 5.69 Å². The fourth-order valence-electron chi connectivity index (χ4n) is 2.46. The van der Waals surface area contributed by atoms with Crippen molar-refractivity contribution in [2.45, 2.75) is 32.4 Å². The van der Waals surface area contributed by atoms with Crippen molar-refractivity contribution in [1.29, 1.82) is 0 Å². The first-order chi connectivity index (χ1) is 8.20. The van der Waals surface area contributed by atoms with Crippen LogP contribution >= 0.6 is 0 Å². The third-order valence-electron chi connectivity index (χ3n) is 3.41.